The van der Waals surface area contributed by atoms with Gasteiger partial charge < -0.3 is 4.74 Å². The summed E-state index contributed by atoms with van der Waals surface area (Å²) in [6.07, 6.45) is 0. The minimum Gasteiger partial charge on any atom is -0.435 e. The van der Waals surface area contributed by atoms with Crippen LogP contribution in [-0.2, 0) is 0 Å². The number of hydrogen-bond donors (Lipinski definition) is 0. The second kappa shape index (κ2) is 5.71. The topological polar surface area (TPSA) is 35.0 Å². The molecule has 2 rings (SSSR count). The van der Waals surface area contributed by atoms with Gasteiger partial charge in [0.2, 0.25) is 5.88 Å². The van der Waals surface area contributed by atoms with Crippen molar-refractivity contribution in [2.24, 2.45) is 0 Å². The minimum atomic E-state index is -0.674. The summed E-state index contributed by atoms with van der Waals surface area (Å²) < 4.78 is 32.1. The molecule has 0 saturated carbocycles. The van der Waals surface area contributed by atoms with Gasteiger partial charge in [-0.1, -0.05) is 25.4 Å². The third-order valence-electron chi connectivity index (χ3n) is 2.68. The molecule has 6 heteroatoms. The fraction of sp³-hybridized carbons (Fsp3) is 0.286. The quantitative estimate of drug-likeness (QED) is 0.775. The smallest absolute Gasteiger partial charge is 0.227 e. The molecule has 2 aromatic rings. The Morgan fingerprint density at radius 2 is 1.90 bits per heavy atom. The Labute approximate surface area is 120 Å². The molecule has 0 atom stereocenters. The summed E-state index contributed by atoms with van der Waals surface area (Å²) in [5, 5.41) is 0.232. The van der Waals surface area contributed by atoms with Gasteiger partial charge in [-0.15, -0.1) is 0 Å². The Morgan fingerprint density at radius 1 is 1.20 bits per heavy atom. The number of aromatic nitrogens is 2. The van der Waals surface area contributed by atoms with Crippen LogP contribution in [0.1, 0.15) is 31.2 Å². The van der Waals surface area contributed by atoms with Gasteiger partial charge in [-0.25, -0.2) is 13.8 Å². The first kappa shape index (κ1) is 14.7. The summed E-state index contributed by atoms with van der Waals surface area (Å²) in [6, 6.07) is 2.97. The highest BCUT2D eigenvalue weighted by atomic mass is 35.5. The van der Waals surface area contributed by atoms with Crippen molar-refractivity contribution in [3.63, 3.8) is 0 Å². The highest BCUT2D eigenvalue weighted by Gasteiger charge is 2.15. The molecule has 0 fully saturated rings. The zero-order valence-electron chi connectivity index (χ0n) is 11.2. The molecular formula is C14H13ClF2N2O. The number of halogens is 3. The maximum atomic E-state index is 13.6. The van der Waals surface area contributed by atoms with Gasteiger partial charge in [-0.2, -0.15) is 4.98 Å². The van der Waals surface area contributed by atoms with E-state index in [1.807, 2.05) is 13.8 Å². The highest BCUT2D eigenvalue weighted by molar-refractivity contribution is 6.30. The first-order valence-corrected chi connectivity index (χ1v) is 6.43. The van der Waals surface area contributed by atoms with Crippen molar-refractivity contribution >= 4 is 11.6 Å². The van der Waals surface area contributed by atoms with Crippen molar-refractivity contribution in [2.45, 2.75) is 26.7 Å². The van der Waals surface area contributed by atoms with Crippen molar-refractivity contribution in [3.05, 3.63) is 46.4 Å². The third-order valence-corrected chi connectivity index (χ3v) is 3.04. The van der Waals surface area contributed by atoms with E-state index in [0.29, 0.717) is 11.4 Å². The summed E-state index contributed by atoms with van der Waals surface area (Å²) in [7, 11) is 0. The van der Waals surface area contributed by atoms with Gasteiger partial charge in [0.05, 0.1) is 0 Å². The molecule has 0 aliphatic carbocycles. The predicted molar refractivity (Wildman–Crippen MR) is 72.3 cm³/mol. The number of ether oxygens (including phenoxy) is 1. The molecule has 0 aliphatic rings. The third kappa shape index (κ3) is 3.04. The summed E-state index contributed by atoms with van der Waals surface area (Å²) in [4.78, 5) is 8.31. The number of rotatable bonds is 3. The molecule has 1 aromatic heterocycles. The zero-order chi connectivity index (χ0) is 14.9. The van der Waals surface area contributed by atoms with E-state index < -0.39 is 11.6 Å². The SMILES string of the molecule is Cc1c(Cl)nc(C(C)C)nc1Oc1cc(F)ccc1F. The van der Waals surface area contributed by atoms with E-state index in [4.69, 9.17) is 16.3 Å². The van der Waals surface area contributed by atoms with Crippen LogP contribution in [-0.4, -0.2) is 9.97 Å². The van der Waals surface area contributed by atoms with E-state index >= 15 is 0 Å². The number of nitrogens with zero attached hydrogens (tertiary/aromatic N) is 2. The van der Waals surface area contributed by atoms with Crippen molar-refractivity contribution in [1.82, 2.24) is 9.97 Å². The van der Waals surface area contributed by atoms with Crippen molar-refractivity contribution in [2.75, 3.05) is 0 Å². The lowest BCUT2D eigenvalue weighted by Gasteiger charge is -2.12. The fourth-order valence-electron chi connectivity index (χ4n) is 1.50. The maximum absolute atomic E-state index is 13.6. The Bertz CT molecular complexity index is 647. The maximum Gasteiger partial charge on any atom is 0.227 e. The van der Waals surface area contributed by atoms with Crippen LogP contribution in [0.25, 0.3) is 0 Å². The molecule has 0 aliphatic heterocycles. The van der Waals surface area contributed by atoms with Gasteiger partial charge in [-0.05, 0) is 19.1 Å². The second-order valence-corrected chi connectivity index (χ2v) is 4.99. The van der Waals surface area contributed by atoms with Crippen LogP contribution in [0.5, 0.6) is 11.6 Å². The van der Waals surface area contributed by atoms with E-state index in [0.717, 1.165) is 18.2 Å². The second-order valence-electron chi connectivity index (χ2n) is 4.63. The molecule has 0 saturated heterocycles. The lowest BCUT2D eigenvalue weighted by Crippen LogP contribution is -2.03. The standard InChI is InChI=1S/C14H13ClF2N2O/c1-7(2)13-18-12(15)8(3)14(19-13)20-11-6-9(16)4-5-10(11)17/h4-7H,1-3H3. The first-order chi connectivity index (χ1) is 9.38. The molecule has 20 heavy (non-hydrogen) atoms. The Kier molecular flexibility index (Phi) is 4.18. The van der Waals surface area contributed by atoms with Crippen LogP contribution in [0.2, 0.25) is 5.15 Å². The van der Waals surface area contributed by atoms with Crippen molar-refractivity contribution < 1.29 is 13.5 Å². The van der Waals surface area contributed by atoms with E-state index in [1.165, 1.54) is 0 Å². The average Bonchev–Trinajstić information content (AvgIpc) is 2.38. The largest absolute Gasteiger partial charge is 0.435 e. The summed E-state index contributed by atoms with van der Waals surface area (Å²) in [6.45, 7) is 5.44. The van der Waals surface area contributed by atoms with E-state index in [2.05, 4.69) is 9.97 Å². The van der Waals surface area contributed by atoms with Crippen LogP contribution in [0, 0.1) is 18.6 Å². The molecule has 0 radical (unpaired) electrons. The van der Waals surface area contributed by atoms with Gasteiger partial charge in [0.25, 0.3) is 0 Å². The summed E-state index contributed by atoms with van der Waals surface area (Å²) in [5.74, 6) is -0.870. The molecule has 3 nitrogen and oxygen atoms in total. The normalized spacial score (nSPS) is 10.9. The molecule has 0 bridgehead atoms. The lowest BCUT2D eigenvalue weighted by atomic mass is 10.2. The molecule has 1 aromatic carbocycles. The van der Waals surface area contributed by atoms with Gasteiger partial charge in [-0.3, -0.25) is 0 Å². The van der Waals surface area contributed by atoms with Gasteiger partial charge in [0, 0.05) is 17.5 Å². The minimum absolute atomic E-state index is 0.0350. The first-order valence-electron chi connectivity index (χ1n) is 6.05. The fourth-order valence-corrected chi connectivity index (χ4v) is 1.67. The molecule has 0 N–H and O–H groups in total. The molecule has 106 valence electrons. The number of hydrogen-bond acceptors (Lipinski definition) is 3. The van der Waals surface area contributed by atoms with Crippen molar-refractivity contribution in [1.29, 1.82) is 0 Å². The molecule has 0 amide bonds. The zero-order valence-corrected chi connectivity index (χ0v) is 12.0. The summed E-state index contributed by atoms with van der Waals surface area (Å²) in [5.41, 5.74) is 0.472. The van der Waals surface area contributed by atoms with Gasteiger partial charge in [0.1, 0.15) is 16.8 Å². The van der Waals surface area contributed by atoms with Crippen molar-refractivity contribution in [3.8, 4) is 11.6 Å². The lowest BCUT2D eigenvalue weighted by molar-refractivity contribution is 0.415. The van der Waals surface area contributed by atoms with Crippen LogP contribution < -0.4 is 4.74 Å². The van der Waals surface area contributed by atoms with E-state index in [-0.39, 0.29) is 22.7 Å². The van der Waals surface area contributed by atoms with Crippen LogP contribution in [0.3, 0.4) is 0 Å². The van der Waals surface area contributed by atoms with Crippen LogP contribution in [0.4, 0.5) is 8.78 Å². The number of benzene rings is 1. The summed E-state index contributed by atoms with van der Waals surface area (Å²) >= 11 is 6.00. The van der Waals surface area contributed by atoms with E-state index in [9.17, 15) is 8.78 Å². The Morgan fingerprint density at radius 3 is 2.55 bits per heavy atom. The van der Waals surface area contributed by atoms with E-state index in [1.54, 1.807) is 6.92 Å². The molecular weight excluding hydrogens is 286 g/mol. The molecule has 0 spiro atoms. The average molecular weight is 299 g/mol. The Hall–Kier alpha value is -1.75. The molecule has 0 unspecified atom stereocenters. The predicted octanol–water partition coefficient (Wildman–Crippen LogP) is 4.63. The monoisotopic (exact) mass is 298 g/mol. The van der Waals surface area contributed by atoms with Crippen LogP contribution in [0.15, 0.2) is 18.2 Å². The Balaban J connectivity index is 2.45. The van der Waals surface area contributed by atoms with Gasteiger partial charge in [0.15, 0.2) is 11.6 Å². The van der Waals surface area contributed by atoms with Crippen LogP contribution >= 0.6 is 11.6 Å². The van der Waals surface area contributed by atoms with Gasteiger partial charge >= 0.3 is 0 Å². The highest BCUT2D eigenvalue weighted by Crippen LogP contribution is 2.30. The molecule has 1 heterocycles.